The maximum Gasteiger partial charge on any atom is 0.241 e. The van der Waals surface area contributed by atoms with Gasteiger partial charge in [-0.2, -0.15) is 0 Å². The molecular formula is C19H25N3O4S. The Bertz CT molecular complexity index is 940. The van der Waals surface area contributed by atoms with Crippen molar-refractivity contribution >= 4 is 10.0 Å². The summed E-state index contributed by atoms with van der Waals surface area (Å²) in [5, 5.41) is 0. The van der Waals surface area contributed by atoms with Crippen molar-refractivity contribution in [2.24, 2.45) is 0 Å². The lowest BCUT2D eigenvalue weighted by Gasteiger charge is -2.33. The van der Waals surface area contributed by atoms with Gasteiger partial charge in [-0.25, -0.2) is 18.1 Å². The van der Waals surface area contributed by atoms with Crippen LogP contribution in [-0.2, 0) is 14.8 Å². The van der Waals surface area contributed by atoms with E-state index in [1.165, 1.54) is 0 Å². The Morgan fingerprint density at radius 1 is 1.26 bits per heavy atom. The minimum absolute atomic E-state index is 0.107. The third kappa shape index (κ3) is 3.80. The van der Waals surface area contributed by atoms with E-state index in [1.807, 2.05) is 13.0 Å². The van der Waals surface area contributed by atoms with E-state index in [9.17, 15) is 8.42 Å². The second kappa shape index (κ2) is 7.01. The number of fused-ring (bicyclic) bond motifs is 1. The van der Waals surface area contributed by atoms with E-state index < -0.39 is 10.0 Å². The number of ether oxygens (including phenoxy) is 1. The van der Waals surface area contributed by atoms with Gasteiger partial charge in [-0.15, -0.1) is 0 Å². The van der Waals surface area contributed by atoms with Crippen LogP contribution in [0.2, 0.25) is 0 Å². The zero-order valence-electron chi connectivity index (χ0n) is 15.8. The van der Waals surface area contributed by atoms with Gasteiger partial charge in [0, 0.05) is 37.7 Å². The lowest BCUT2D eigenvalue weighted by molar-refractivity contribution is -0.0390. The molecule has 7 nitrogen and oxygen atoms in total. The molecule has 0 unspecified atom stereocenters. The molecule has 4 rings (SSSR count). The highest BCUT2D eigenvalue weighted by Crippen LogP contribution is 2.28. The summed E-state index contributed by atoms with van der Waals surface area (Å²) in [5.74, 6) is 1.11. The molecule has 3 atom stereocenters. The number of nitrogens with one attached hydrogen (secondary N) is 1. The number of benzene rings is 1. The largest absolute Gasteiger partial charge is 0.441 e. The van der Waals surface area contributed by atoms with Crippen LogP contribution >= 0.6 is 0 Å². The van der Waals surface area contributed by atoms with E-state index in [0.717, 1.165) is 19.5 Å². The van der Waals surface area contributed by atoms with Crippen LogP contribution in [0, 0.1) is 13.8 Å². The summed E-state index contributed by atoms with van der Waals surface area (Å²) in [7, 11) is -3.63. The molecule has 3 heterocycles. The lowest BCUT2D eigenvalue weighted by Crippen LogP contribution is -2.45. The summed E-state index contributed by atoms with van der Waals surface area (Å²) in [6.45, 7) is 7.85. The van der Waals surface area contributed by atoms with Gasteiger partial charge in [0.15, 0.2) is 11.7 Å². The standard InChI is InChI=1S/C19H25N3O4S/c1-12-4-5-15(18-8-20-14(3)26-18)6-19(12)27(23,24)21-16-7-17-11-25-13(2)9-22(17)10-16/h4-6,8,13,16-17,21H,7,9-11H2,1-3H3/t13-,16-,17-/m0/s1. The number of nitrogens with zero attached hydrogens (tertiary/aromatic N) is 2. The number of hydrogen-bond donors (Lipinski definition) is 1. The Labute approximate surface area is 159 Å². The number of morpholine rings is 1. The van der Waals surface area contributed by atoms with E-state index in [0.29, 0.717) is 35.4 Å². The lowest BCUT2D eigenvalue weighted by atomic mass is 10.1. The SMILES string of the molecule is Cc1ncc(-c2ccc(C)c(S(=O)(=O)N[C@H]3C[C@H]4CO[C@@H](C)CN4C3)c2)o1. The maximum atomic E-state index is 13.1. The summed E-state index contributed by atoms with van der Waals surface area (Å²) < 4.78 is 40.3. The van der Waals surface area contributed by atoms with Crippen molar-refractivity contribution in [2.45, 2.75) is 50.3 Å². The summed E-state index contributed by atoms with van der Waals surface area (Å²) in [5.41, 5.74) is 1.41. The fourth-order valence-electron chi connectivity index (χ4n) is 3.95. The van der Waals surface area contributed by atoms with Crippen LogP contribution in [0.3, 0.4) is 0 Å². The summed E-state index contributed by atoms with van der Waals surface area (Å²) >= 11 is 0. The Morgan fingerprint density at radius 2 is 2.07 bits per heavy atom. The molecular weight excluding hydrogens is 366 g/mol. The molecule has 1 aromatic heterocycles. The van der Waals surface area contributed by atoms with Crippen molar-refractivity contribution in [2.75, 3.05) is 19.7 Å². The quantitative estimate of drug-likeness (QED) is 0.859. The van der Waals surface area contributed by atoms with Crippen LogP contribution in [-0.4, -0.2) is 56.2 Å². The number of aromatic nitrogens is 1. The van der Waals surface area contributed by atoms with Crippen molar-refractivity contribution in [3.63, 3.8) is 0 Å². The van der Waals surface area contributed by atoms with Gasteiger partial charge in [-0.1, -0.05) is 12.1 Å². The molecule has 27 heavy (non-hydrogen) atoms. The molecule has 2 fully saturated rings. The molecule has 0 saturated carbocycles. The van der Waals surface area contributed by atoms with Crippen LogP contribution in [0.5, 0.6) is 0 Å². The van der Waals surface area contributed by atoms with Crippen molar-refractivity contribution in [1.29, 1.82) is 0 Å². The molecule has 0 aliphatic carbocycles. The molecule has 2 saturated heterocycles. The number of aryl methyl sites for hydroxylation is 2. The minimum Gasteiger partial charge on any atom is -0.441 e. The maximum absolute atomic E-state index is 13.1. The number of hydrogen-bond acceptors (Lipinski definition) is 6. The normalized spacial score (nSPS) is 26.3. The zero-order chi connectivity index (χ0) is 19.2. The average molecular weight is 391 g/mol. The summed E-state index contributed by atoms with van der Waals surface area (Å²) in [6, 6.07) is 5.49. The first-order chi connectivity index (χ1) is 12.8. The molecule has 2 aliphatic heterocycles. The number of rotatable bonds is 4. The second-order valence-electron chi connectivity index (χ2n) is 7.53. The smallest absolute Gasteiger partial charge is 0.241 e. The van der Waals surface area contributed by atoms with Gasteiger partial charge in [0.25, 0.3) is 0 Å². The Morgan fingerprint density at radius 3 is 2.81 bits per heavy atom. The topological polar surface area (TPSA) is 84.7 Å². The van der Waals surface area contributed by atoms with E-state index in [2.05, 4.69) is 14.6 Å². The third-order valence-electron chi connectivity index (χ3n) is 5.30. The molecule has 0 bridgehead atoms. The van der Waals surface area contributed by atoms with Gasteiger partial charge in [-0.05, 0) is 31.9 Å². The summed E-state index contributed by atoms with van der Waals surface area (Å²) in [6.07, 6.45) is 2.58. The third-order valence-corrected chi connectivity index (χ3v) is 6.96. The second-order valence-corrected chi connectivity index (χ2v) is 9.21. The molecule has 8 heteroatoms. The molecule has 0 spiro atoms. The molecule has 2 aromatic rings. The molecule has 0 amide bonds. The van der Waals surface area contributed by atoms with E-state index >= 15 is 0 Å². The van der Waals surface area contributed by atoms with Crippen LogP contribution in [0.1, 0.15) is 24.8 Å². The van der Waals surface area contributed by atoms with Gasteiger partial charge >= 0.3 is 0 Å². The van der Waals surface area contributed by atoms with Crippen LogP contribution in [0.4, 0.5) is 0 Å². The first kappa shape index (κ1) is 18.6. The average Bonchev–Trinajstić information content (AvgIpc) is 3.20. The van der Waals surface area contributed by atoms with Crippen molar-refractivity contribution < 1.29 is 17.6 Å². The minimum atomic E-state index is -3.63. The van der Waals surface area contributed by atoms with Gasteiger partial charge < -0.3 is 9.15 Å². The van der Waals surface area contributed by atoms with Crippen molar-refractivity contribution in [3.8, 4) is 11.3 Å². The Kier molecular flexibility index (Phi) is 4.84. The number of oxazole rings is 1. The molecule has 1 N–H and O–H groups in total. The van der Waals surface area contributed by atoms with Crippen LogP contribution in [0.25, 0.3) is 11.3 Å². The van der Waals surface area contributed by atoms with Gasteiger partial charge in [0.2, 0.25) is 10.0 Å². The number of sulfonamides is 1. The van der Waals surface area contributed by atoms with E-state index in [4.69, 9.17) is 9.15 Å². The van der Waals surface area contributed by atoms with Crippen molar-refractivity contribution in [3.05, 3.63) is 35.9 Å². The van der Waals surface area contributed by atoms with Crippen LogP contribution in [0.15, 0.2) is 33.7 Å². The van der Waals surface area contributed by atoms with Crippen LogP contribution < -0.4 is 4.72 Å². The fourth-order valence-corrected chi connectivity index (χ4v) is 5.46. The van der Waals surface area contributed by atoms with Gasteiger partial charge in [0.1, 0.15) is 0 Å². The first-order valence-corrected chi connectivity index (χ1v) is 10.7. The highest BCUT2D eigenvalue weighted by Gasteiger charge is 2.38. The highest BCUT2D eigenvalue weighted by molar-refractivity contribution is 7.89. The summed E-state index contributed by atoms with van der Waals surface area (Å²) in [4.78, 5) is 6.69. The van der Waals surface area contributed by atoms with Gasteiger partial charge in [-0.3, -0.25) is 4.90 Å². The molecule has 146 valence electrons. The molecule has 2 aliphatic rings. The Hall–Kier alpha value is -1.74. The van der Waals surface area contributed by atoms with Crippen molar-refractivity contribution in [1.82, 2.24) is 14.6 Å². The van der Waals surface area contributed by atoms with E-state index in [1.54, 1.807) is 32.2 Å². The zero-order valence-corrected chi connectivity index (χ0v) is 16.6. The predicted molar refractivity (Wildman–Crippen MR) is 101 cm³/mol. The van der Waals surface area contributed by atoms with E-state index in [-0.39, 0.29) is 17.0 Å². The predicted octanol–water partition coefficient (Wildman–Crippen LogP) is 2.10. The fraction of sp³-hybridized carbons (Fsp3) is 0.526. The first-order valence-electron chi connectivity index (χ1n) is 9.23. The van der Waals surface area contributed by atoms with Gasteiger partial charge in [0.05, 0.1) is 23.8 Å². The molecule has 0 radical (unpaired) electrons. The Balaban J connectivity index is 1.55. The monoisotopic (exact) mass is 391 g/mol. The molecule has 1 aromatic carbocycles. The highest BCUT2D eigenvalue weighted by atomic mass is 32.2.